The summed E-state index contributed by atoms with van der Waals surface area (Å²) in [5, 5.41) is 4.07. The van der Waals surface area contributed by atoms with Crippen molar-refractivity contribution in [3.8, 4) is 0 Å². The van der Waals surface area contributed by atoms with E-state index in [1.807, 2.05) is 36.4 Å². The summed E-state index contributed by atoms with van der Waals surface area (Å²) in [6, 6.07) is 11.9. The smallest absolute Gasteiger partial charge is 0.0551 e. The van der Waals surface area contributed by atoms with Crippen molar-refractivity contribution >= 4 is 27.5 Å². The first-order valence-corrected chi connectivity index (χ1v) is 6.47. The van der Waals surface area contributed by atoms with Gasteiger partial charge in [0.05, 0.1) is 10.7 Å². The summed E-state index contributed by atoms with van der Waals surface area (Å²) in [6.45, 7) is 1.54. The van der Waals surface area contributed by atoms with Crippen LogP contribution in [0.25, 0.3) is 0 Å². The van der Waals surface area contributed by atoms with E-state index < -0.39 is 0 Å². The number of benzene rings is 1. The molecule has 1 N–H and O–H groups in total. The van der Waals surface area contributed by atoms with Gasteiger partial charge in [-0.25, -0.2) is 0 Å². The maximum atomic E-state index is 6.02. The zero-order valence-electron chi connectivity index (χ0n) is 9.16. The van der Waals surface area contributed by atoms with Crippen LogP contribution in [0.2, 0.25) is 5.02 Å². The topological polar surface area (TPSA) is 24.9 Å². The monoisotopic (exact) mass is 310 g/mol. The van der Waals surface area contributed by atoms with E-state index in [0.29, 0.717) is 0 Å². The van der Waals surface area contributed by atoms with Crippen LogP contribution in [0.15, 0.2) is 47.1 Å². The van der Waals surface area contributed by atoms with E-state index in [9.17, 15) is 0 Å². The molecule has 2 rings (SSSR count). The van der Waals surface area contributed by atoms with Gasteiger partial charge in [0.15, 0.2) is 0 Å². The summed E-state index contributed by atoms with van der Waals surface area (Å²) in [7, 11) is 0. The van der Waals surface area contributed by atoms with E-state index in [-0.39, 0.29) is 0 Å². The molecule has 4 heteroatoms. The first kappa shape index (κ1) is 12.6. The summed E-state index contributed by atoms with van der Waals surface area (Å²) in [6.07, 6.45) is 1.80. The highest BCUT2D eigenvalue weighted by atomic mass is 79.9. The molecule has 1 heterocycles. The summed E-state index contributed by atoms with van der Waals surface area (Å²) in [5.41, 5.74) is 2.20. The Balaban J connectivity index is 1.88. The number of pyridine rings is 1. The fourth-order valence-electron chi connectivity index (χ4n) is 1.49. The van der Waals surface area contributed by atoms with Gasteiger partial charge in [-0.1, -0.05) is 23.7 Å². The van der Waals surface area contributed by atoms with Crippen molar-refractivity contribution in [2.24, 2.45) is 0 Å². The van der Waals surface area contributed by atoms with Crippen molar-refractivity contribution in [2.45, 2.75) is 13.1 Å². The molecule has 0 bridgehead atoms. The second-order valence-electron chi connectivity index (χ2n) is 3.67. The molecule has 0 aliphatic heterocycles. The number of nitrogens with one attached hydrogen (secondary N) is 1. The van der Waals surface area contributed by atoms with Crippen molar-refractivity contribution in [1.29, 1.82) is 0 Å². The van der Waals surface area contributed by atoms with Crippen LogP contribution < -0.4 is 5.32 Å². The first-order valence-electron chi connectivity index (χ1n) is 5.30. The zero-order valence-corrected chi connectivity index (χ0v) is 11.5. The lowest BCUT2D eigenvalue weighted by Gasteiger charge is -2.05. The fraction of sp³-hybridized carbons (Fsp3) is 0.154. The Morgan fingerprint density at radius 2 is 2.06 bits per heavy atom. The quantitative estimate of drug-likeness (QED) is 0.929. The molecule has 0 fully saturated rings. The van der Waals surface area contributed by atoms with Crippen LogP contribution in [0.4, 0.5) is 0 Å². The first-order chi connectivity index (χ1) is 8.25. The van der Waals surface area contributed by atoms with E-state index in [0.717, 1.165) is 33.8 Å². The molecule has 17 heavy (non-hydrogen) atoms. The molecule has 0 aliphatic rings. The maximum Gasteiger partial charge on any atom is 0.0551 e. The molecule has 2 nitrogen and oxygen atoms in total. The molecular weight excluding hydrogens is 300 g/mol. The number of nitrogens with zero attached hydrogens (tertiary/aromatic N) is 1. The van der Waals surface area contributed by atoms with Crippen LogP contribution in [-0.4, -0.2) is 4.98 Å². The van der Waals surface area contributed by atoms with Crippen LogP contribution in [0.3, 0.4) is 0 Å². The number of rotatable bonds is 4. The van der Waals surface area contributed by atoms with Crippen molar-refractivity contribution in [2.75, 3.05) is 0 Å². The minimum absolute atomic E-state index is 0.738. The standard InChI is InChI=1S/C13H12BrClN2/c14-12-5-4-10(7-13(12)15)8-16-9-11-3-1-2-6-17-11/h1-7,16H,8-9H2. The minimum Gasteiger partial charge on any atom is -0.307 e. The Kier molecular flexibility index (Phi) is 4.54. The second kappa shape index (κ2) is 6.15. The lowest BCUT2D eigenvalue weighted by molar-refractivity contribution is 0.680. The molecule has 1 aromatic heterocycles. The number of aromatic nitrogens is 1. The zero-order chi connectivity index (χ0) is 12.1. The molecule has 0 saturated heterocycles. The molecule has 0 saturated carbocycles. The summed E-state index contributed by atoms with van der Waals surface area (Å²) in [5.74, 6) is 0. The highest BCUT2D eigenvalue weighted by Gasteiger charge is 1.99. The van der Waals surface area contributed by atoms with Gasteiger partial charge in [0.25, 0.3) is 0 Å². The van der Waals surface area contributed by atoms with Crippen LogP contribution in [0.1, 0.15) is 11.3 Å². The SMILES string of the molecule is Clc1cc(CNCc2ccccn2)ccc1Br. The second-order valence-corrected chi connectivity index (χ2v) is 4.93. The summed E-state index contributed by atoms with van der Waals surface area (Å²) < 4.78 is 0.924. The molecule has 88 valence electrons. The van der Waals surface area contributed by atoms with Gasteiger partial charge in [-0.15, -0.1) is 0 Å². The maximum absolute atomic E-state index is 6.02. The molecule has 0 amide bonds. The fourth-order valence-corrected chi connectivity index (χ4v) is 1.94. The van der Waals surface area contributed by atoms with Crippen molar-refractivity contribution in [3.05, 3.63) is 63.3 Å². The molecule has 0 atom stereocenters. The van der Waals surface area contributed by atoms with Gasteiger partial charge in [0.1, 0.15) is 0 Å². The number of hydrogen-bond acceptors (Lipinski definition) is 2. The highest BCUT2D eigenvalue weighted by Crippen LogP contribution is 2.23. The Morgan fingerprint density at radius 3 is 2.76 bits per heavy atom. The van der Waals surface area contributed by atoms with Gasteiger partial charge in [-0.05, 0) is 45.8 Å². The van der Waals surface area contributed by atoms with Crippen molar-refractivity contribution in [3.63, 3.8) is 0 Å². The molecule has 2 aromatic rings. The number of hydrogen-bond donors (Lipinski definition) is 1. The van der Waals surface area contributed by atoms with Crippen LogP contribution in [0.5, 0.6) is 0 Å². The molecule has 0 unspecified atom stereocenters. The lowest BCUT2D eigenvalue weighted by Crippen LogP contribution is -2.13. The van der Waals surface area contributed by atoms with Crippen molar-refractivity contribution in [1.82, 2.24) is 10.3 Å². The Bertz CT molecular complexity index is 488. The summed E-state index contributed by atoms with van der Waals surface area (Å²) in [4.78, 5) is 4.25. The van der Waals surface area contributed by atoms with Gasteiger partial charge in [-0.2, -0.15) is 0 Å². The van der Waals surface area contributed by atoms with E-state index >= 15 is 0 Å². The molecular formula is C13H12BrClN2. The Labute approximate surface area is 114 Å². The normalized spacial score (nSPS) is 10.5. The largest absolute Gasteiger partial charge is 0.307 e. The summed E-state index contributed by atoms with van der Waals surface area (Å²) >= 11 is 9.39. The van der Waals surface area contributed by atoms with Gasteiger partial charge in [0.2, 0.25) is 0 Å². The third kappa shape index (κ3) is 3.80. The van der Waals surface area contributed by atoms with E-state index in [1.54, 1.807) is 6.20 Å². The average molecular weight is 312 g/mol. The number of halogens is 2. The van der Waals surface area contributed by atoms with Gasteiger partial charge in [-0.3, -0.25) is 4.98 Å². The highest BCUT2D eigenvalue weighted by molar-refractivity contribution is 9.10. The molecule has 0 radical (unpaired) electrons. The molecule has 0 spiro atoms. The van der Waals surface area contributed by atoms with Gasteiger partial charge >= 0.3 is 0 Å². The van der Waals surface area contributed by atoms with Crippen LogP contribution >= 0.6 is 27.5 Å². The molecule has 1 aromatic carbocycles. The molecule has 0 aliphatic carbocycles. The predicted molar refractivity (Wildman–Crippen MR) is 73.9 cm³/mol. The van der Waals surface area contributed by atoms with Crippen LogP contribution in [-0.2, 0) is 13.1 Å². The third-order valence-corrected chi connectivity index (χ3v) is 3.58. The Hall–Kier alpha value is -0.900. The van der Waals surface area contributed by atoms with Gasteiger partial charge < -0.3 is 5.32 Å². The van der Waals surface area contributed by atoms with Gasteiger partial charge in [0, 0.05) is 23.8 Å². The third-order valence-electron chi connectivity index (χ3n) is 2.35. The van der Waals surface area contributed by atoms with E-state index in [2.05, 4.69) is 26.2 Å². The van der Waals surface area contributed by atoms with Crippen LogP contribution in [0, 0.1) is 0 Å². The van der Waals surface area contributed by atoms with E-state index in [4.69, 9.17) is 11.6 Å². The predicted octanol–water partition coefficient (Wildman–Crippen LogP) is 3.79. The Morgan fingerprint density at radius 1 is 1.18 bits per heavy atom. The van der Waals surface area contributed by atoms with E-state index in [1.165, 1.54) is 0 Å². The average Bonchev–Trinajstić information content (AvgIpc) is 2.35. The lowest BCUT2D eigenvalue weighted by atomic mass is 10.2. The van der Waals surface area contributed by atoms with Crippen molar-refractivity contribution < 1.29 is 0 Å². The minimum atomic E-state index is 0.738.